The maximum Gasteiger partial charge on any atom is 0.344 e. The number of nitrogens with two attached hydrogens (primary N) is 2. The van der Waals surface area contributed by atoms with E-state index < -0.39 is 11.5 Å². The average Bonchev–Trinajstić information content (AvgIpc) is 2.22. The molecule has 0 aromatic heterocycles. The molecule has 0 aromatic rings. The average molecular weight is 222 g/mol. The summed E-state index contributed by atoms with van der Waals surface area (Å²) >= 11 is 1.62. The zero-order valence-corrected chi connectivity index (χ0v) is 9.43. The number of carbonyl (C=O) groups is 1. The second-order valence-electron chi connectivity index (χ2n) is 3.05. The Kier molecular flexibility index (Phi) is 6.90. The number of hydrogen-bond acceptors (Lipinski definition) is 6. The molecule has 0 aliphatic carbocycles. The minimum Gasteiger partial charge on any atom is -0.385 e. The van der Waals surface area contributed by atoms with Crippen LogP contribution in [-0.4, -0.2) is 37.2 Å². The van der Waals surface area contributed by atoms with Crippen molar-refractivity contribution in [1.29, 1.82) is 0 Å². The van der Waals surface area contributed by atoms with Gasteiger partial charge in [0, 0.05) is 13.7 Å². The van der Waals surface area contributed by atoms with Crippen molar-refractivity contribution in [2.45, 2.75) is 18.4 Å². The van der Waals surface area contributed by atoms with Crippen LogP contribution in [0.2, 0.25) is 0 Å². The van der Waals surface area contributed by atoms with Crippen molar-refractivity contribution in [2.75, 3.05) is 25.7 Å². The molecule has 0 aliphatic heterocycles. The van der Waals surface area contributed by atoms with E-state index in [1.807, 2.05) is 6.26 Å². The van der Waals surface area contributed by atoms with Crippen LogP contribution >= 0.6 is 11.8 Å². The molecule has 0 saturated carbocycles. The third-order valence-electron chi connectivity index (χ3n) is 2.02. The number of carbonyl (C=O) groups excluding carboxylic acids is 1. The topological polar surface area (TPSA) is 87.6 Å². The summed E-state index contributed by atoms with van der Waals surface area (Å²) in [7, 11) is 1.56. The molecule has 1 unspecified atom stereocenters. The molecule has 0 fully saturated rings. The van der Waals surface area contributed by atoms with Crippen LogP contribution in [0.5, 0.6) is 0 Å². The predicted molar refractivity (Wildman–Crippen MR) is 56.7 cm³/mol. The molecule has 84 valence electrons. The van der Waals surface area contributed by atoms with E-state index in [4.69, 9.17) is 16.4 Å². The summed E-state index contributed by atoms with van der Waals surface area (Å²) in [6.07, 6.45) is 2.90. The van der Waals surface area contributed by atoms with E-state index in [2.05, 4.69) is 4.84 Å². The third-order valence-corrected chi connectivity index (χ3v) is 2.63. The predicted octanol–water partition coefficient (Wildman–Crippen LogP) is -0.110. The molecule has 0 aliphatic rings. The van der Waals surface area contributed by atoms with Gasteiger partial charge in [-0.15, -0.1) is 0 Å². The van der Waals surface area contributed by atoms with Crippen LogP contribution in [-0.2, 0) is 14.4 Å². The van der Waals surface area contributed by atoms with E-state index in [0.29, 0.717) is 19.4 Å². The Morgan fingerprint density at radius 2 is 2.14 bits per heavy atom. The van der Waals surface area contributed by atoms with Gasteiger partial charge in [0.1, 0.15) is 5.54 Å². The molecule has 0 aromatic carbocycles. The normalized spacial score (nSPS) is 14.9. The van der Waals surface area contributed by atoms with E-state index >= 15 is 0 Å². The van der Waals surface area contributed by atoms with Gasteiger partial charge in [-0.05, 0) is 24.9 Å². The lowest BCUT2D eigenvalue weighted by Crippen LogP contribution is -2.51. The first kappa shape index (κ1) is 13.7. The van der Waals surface area contributed by atoms with Crippen LogP contribution in [0.25, 0.3) is 0 Å². The molecule has 5 nitrogen and oxygen atoms in total. The maximum absolute atomic E-state index is 11.3. The molecule has 0 spiro atoms. The molecule has 0 saturated heterocycles. The fourth-order valence-electron chi connectivity index (χ4n) is 1.01. The van der Waals surface area contributed by atoms with Crippen molar-refractivity contribution < 1.29 is 14.4 Å². The Bertz CT molecular complexity index is 170. The van der Waals surface area contributed by atoms with Crippen LogP contribution < -0.4 is 11.6 Å². The number of ether oxygens (including phenoxy) is 1. The van der Waals surface area contributed by atoms with Crippen molar-refractivity contribution in [3.05, 3.63) is 0 Å². The third kappa shape index (κ3) is 4.28. The monoisotopic (exact) mass is 222 g/mol. The Morgan fingerprint density at radius 3 is 2.57 bits per heavy atom. The van der Waals surface area contributed by atoms with Gasteiger partial charge in [0.25, 0.3) is 0 Å². The van der Waals surface area contributed by atoms with Crippen molar-refractivity contribution >= 4 is 17.7 Å². The van der Waals surface area contributed by atoms with Gasteiger partial charge in [-0.2, -0.15) is 17.7 Å². The summed E-state index contributed by atoms with van der Waals surface area (Å²) in [5.74, 6) is 5.03. The minimum atomic E-state index is -1.02. The summed E-state index contributed by atoms with van der Waals surface area (Å²) in [6.45, 7) is 0.417. The first-order chi connectivity index (χ1) is 6.60. The lowest BCUT2D eigenvalue weighted by Gasteiger charge is -2.25. The standard InChI is InChI=1S/C8H18N2O3S/c1-12-5-3-8(9,4-6-14-2)7(11)13-10/h3-6,9-10H2,1-2H3. The lowest BCUT2D eigenvalue weighted by molar-refractivity contribution is -0.151. The number of thioether (sulfide) groups is 1. The van der Waals surface area contributed by atoms with E-state index in [-0.39, 0.29) is 0 Å². The summed E-state index contributed by atoms with van der Waals surface area (Å²) < 4.78 is 4.88. The zero-order valence-electron chi connectivity index (χ0n) is 8.62. The van der Waals surface area contributed by atoms with Gasteiger partial charge >= 0.3 is 5.97 Å². The van der Waals surface area contributed by atoms with Crippen molar-refractivity contribution in [2.24, 2.45) is 11.6 Å². The van der Waals surface area contributed by atoms with Crippen LogP contribution in [0.3, 0.4) is 0 Å². The molecule has 6 heteroatoms. The molecule has 0 heterocycles. The molecule has 0 rings (SSSR count). The molecule has 0 bridgehead atoms. The molecular weight excluding hydrogens is 204 g/mol. The Morgan fingerprint density at radius 1 is 1.50 bits per heavy atom. The Balaban J connectivity index is 4.24. The smallest absolute Gasteiger partial charge is 0.344 e. The SMILES string of the molecule is COCCC(N)(CCSC)C(=O)ON. The van der Waals surface area contributed by atoms with Crippen LogP contribution in [0.15, 0.2) is 0 Å². The second kappa shape index (κ2) is 7.05. The molecule has 4 N–H and O–H groups in total. The summed E-state index contributed by atoms with van der Waals surface area (Å²) in [5.41, 5.74) is 4.86. The van der Waals surface area contributed by atoms with Crippen molar-refractivity contribution in [3.8, 4) is 0 Å². The van der Waals surface area contributed by atoms with E-state index in [1.54, 1.807) is 18.9 Å². The number of rotatable bonds is 7. The first-order valence-corrected chi connectivity index (χ1v) is 5.68. The minimum absolute atomic E-state index is 0.417. The zero-order chi connectivity index (χ0) is 11.0. The summed E-state index contributed by atoms with van der Waals surface area (Å²) in [4.78, 5) is 15.5. The molecule has 0 radical (unpaired) electrons. The summed E-state index contributed by atoms with van der Waals surface area (Å²) in [5, 5.41) is 0. The van der Waals surface area contributed by atoms with Crippen LogP contribution in [0.4, 0.5) is 0 Å². The highest BCUT2D eigenvalue weighted by atomic mass is 32.2. The van der Waals surface area contributed by atoms with Crippen LogP contribution in [0, 0.1) is 0 Å². The fraction of sp³-hybridized carbons (Fsp3) is 0.875. The van der Waals surface area contributed by atoms with E-state index in [9.17, 15) is 4.79 Å². The second-order valence-corrected chi connectivity index (χ2v) is 4.03. The highest BCUT2D eigenvalue weighted by molar-refractivity contribution is 7.98. The molecule has 0 amide bonds. The Hall–Kier alpha value is -0.300. The largest absolute Gasteiger partial charge is 0.385 e. The number of methoxy groups -OCH3 is 1. The van der Waals surface area contributed by atoms with Gasteiger partial charge in [0.05, 0.1) is 0 Å². The van der Waals surface area contributed by atoms with Crippen molar-refractivity contribution in [3.63, 3.8) is 0 Å². The first-order valence-electron chi connectivity index (χ1n) is 4.28. The van der Waals surface area contributed by atoms with Crippen LogP contribution in [0.1, 0.15) is 12.8 Å². The molecular formula is C8H18N2O3S. The quantitative estimate of drug-likeness (QED) is 0.584. The van der Waals surface area contributed by atoms with Gasteiger partial charge in [-0.3, -0.25) is 0 Å². The van der Waals surface area contributed by atoms with Gasteiger partial charge in [0.15, 0.2) is 0 Å². The molecule has 14 heavy (non-hydrogen) atoms. The molecule has 1 atom stereocenters. The summed E-state index contributed by atoms with van der Waals surface area (Å²) in [6, 6.07) is 0. The van der Waals surface area contributed by atoms with Gasteiger partial charge in [-0.25, -0.2) is 4.79 Å². The Labute approximate surface area is 88.4 Å². The number of hydrogen-bond donors (Lipinski definition) is 2. The van der Waals surface area contributed by atoms with Gasteiger partial charge < -0.3 is 15.3 Å². The highest BCUT2D eigenvalue weighted by Crippen LogP contribution is 2.16. The van der Waals surface area contributed by atoms with Gasteiger partial charge in [0.2, 0.25) is 0 Å². The van der Waals surface area contributed by atoms with Gasteiger partial charge in [-0.1, -0.05) is 0 Å². The van der Waals surface area contributed by atoms with E-state index in [0.717, 1.165) is 5.75 Å². The van der Waals surface area contributed by atoms with Crippen molar-refractivity contribution in [1.82, 2.24) is 0 Å². The maximum atomic E-state index is 11.3. The van der Waals surface area contributed by atoms with E-state index in [1.165, 1.54) is 0 Å². The fourth-order valence-corrected chi connectivity index (χ4v) is 1.58. The lowest BCUT2D eigenvalue weighted by atomic mass is 9.94. The highest BCUT2D eigenvalue weighted by Gasteiger charge is 2.34.